The molecule has 0 saturated heterocycles. The van der Waals surface area contributed by atoms with Crippen LogP contribution in [-0.4, -0.2) is 31.0 Å². The van der Waals surface area contributed by atoms with Crippen LogP contribution in [0.5, 0.6) is 0 Å². The van der Waals surface area contributed by atoms with Gasteiger partial charge in [0.05, 0.1) is 11.4 Å². The summed E-state index contributed by atoms with van der Waals surface area (Å²) in [5.41, 5.74) is 4.12. The minimum atomic E-state index is -0.161. The zero-order chi connectivity index (χ0) is 19.2. The van der Waals surface area contributed by atoms with Gasteiger partial charge in [0.25, 0.3) is 5.91 Å². The van der Waals surface area contributed by atoms with Crippen LogP contribution in [0.1, 0.15) is 37.0 Å². The van der Waals surface area contributed by atoms with E-state index in [0.29, 0.717) is 5.69 Å². The van der Waals surface area contributed by atoms with E-state index < -0.39 is 0 Å². The van der Waals surface area contributed by atoms with Gasteiger partial charge in [-0.1, -0.05) is 44.7 Å². The van der Waals surface area contributed by atoms with Gasteiger partial charge in [0.1, 0.15) is 5.69 Å². The molecule has 0 atom stereocenters. The minimum Gasteiger partial charge on any atom is -0.325 e. The van der Waals surface area contributed by atoms with Gasteiger partial charge in [0.15, 0.2) is 5.16 Å². The van der Waals surface area contributed by atoms with Crippen molar-refractivity contribution >= 4 is 23.4 Å². The normalized spacial score (nSPS) is 13.6. The van der Waals surface area contributed by atoms with Crippen LogP contribution in [0.4, 0.5) is 5.69 Å². The average molecular weight is 382 g/mol. The lowest BCUT2D eigenvalue weighted by Crippen LogP contribution is -2.15. The molecule has 1 aliphatic rings. The third kappa shape index (κ3) is 3.51. The lowest BCUT2D eigenvalue weighted by atomic mass is 9.92. The smallest absolute Gasteiger partial charge is 0.273 e. The maximum atomic E-state index is 12.6. The van der Waals surface area contributed by atoms with E-state index in [9.17, 15) is 4.79 Å². The number of hydrogen-bond donors (Lipinski definition) is 1. The van der Waals surface area contributed by atoms with Crippen LogP contribution < -0.4 is 5.32 Å². The lowest BCUT2D eigenvalue weighted by molar-refractivity contribution is 0.101. The summed E-state index contributed by atoms with van der Waals surface area (Å²) in [4.78, 5) is 17.3. The number of carbonyl (C=O) groups is 1. The van der Waals surface area contributed by atoms with Gasteiger partial charge in [0, 0.05) is 42.2 Å². The maximum Gasteiger partial charge on any atom is 0.273 e. The van der Waals surface area contributed by atoms with Gasteiger partial charge in [-0.25, -0.2) is 4.98 Å². The number of thioether (sulfide) groups is 1. The Balaban J connectivity index is 1.50. The van der Waals surface area contributed by atoms with E-state index in [0.717, 1.165) is 40.1 Å². The summed E-state index contributed by atoms with van der Waals surface area (Å²) in [5, 5.41) is 8.49. The number of anilines is 1. The SMILES string of the molecule is Cn1nc(C(C)(C)C)cc1C(=O)Nc1ccc(-c2cn3c(n2)SCC3)cc1. The summed E-state index contributed by atoms with van der Waals surface area (Å²) >= 11 is 1.78. The van der Waals surface area contributed by atoms with Crippen molar-refractivity contribution in [3.63, 3.8) is 0 Å². The van der Waals surface area contributed by atoms with E-state index in [-0.39, 0.29) is 11.3 Å². The second-order valence-electron chi connectivity index (χ2n) is 7.77. The molecule has 27 heavy (non-hydrogen) atoms. The van der Waals surface area contributed by atoms with Crippen LogP contribution in [0.15, 0.2) is 41.7 Å². The third-order valence-corrected chi connectivity index (χ3v) is 5.59. The Morgan fingerprint density at radius 3 is 2.59 bits per heavy atom. The van der Waals surface area contributed by atoms with Gasteiger partial charge < -0.3 is 9.88 Å². The number of amides is 1. The predicted octanol–water partition coefficient (Wildman–Crippen LogP) is 3.94. The Kier molecular flexibility index (Phi) is 4.34. The summed E-state index contributed by atoms with van der Waals surface area (Å²) in [5.74, 6) is 0.934. The molecule has 6 nitrogen and oxygen atoms in total. The molecule has 0 aliphatic carbocycles. The summed E-state index contributed by atoms with van der Waals surface area (Å²) in [6.45, 7) is 7.27. The number of aromatic nitrogens is 4. The third-order valence-electron chi connectivity index (χ3n) is 4.62. The van der Waals surface area contributed by atoms with Crippen molar-refractivity contribution in [2.24, 2.45) is 7.05 Å². The number of aryl methyl sites for hydroxylation is 2. The fourth-order valence-electron chi connectivity index (χ4n) is 3.01. The molecule has 7 heteroatoms. The number of imidazole rings is 1. The summed E-state index contributed by atoms with van der Waals surface area (Å²) in [6.07, 6.45) is 2.09. The van der Waals surface area contributed by atoms with Crippen molar-refractivity contribution in [1.29, 1.82) is 0 Å². The van der Waals surface area contributed by atoms with Crippen molar-refractivity contribution < 1.29 is 4.79 Å². The lowest BCUT2D eigenvalue weighted by Gasteiger charge is -2.13. The summed E-state index contributed by atoms with van der Waals surface area (Å²) in [6, 6.07) is 9.65. The van der Waals surface area contributed by atoms with E-state index in [1.165, 1.54) is 0 Å². The molecule has 3 aromatic rings. The monoisotopic (exact) mass is 381 g/mol. The molecule has 1 N–H and O–H groups in total. The molecule has 0 fully saturated rings. The fraction of sp³-hybridized carbons (Fsp3) is 0.350. The van der Waals surface area contributed by atoms with Crippen LogP contribution in [0, 0.1) is 0 Å². The van der Waals surface area contributed by atoms with Crippen molar-refractivity contribution in [3.05, 3.63) is 47.9 Å². The van der Waals surface area contributed by atoms with Gasteiger partial charge in [-0.15, -0.1) is 0 Å². The Morgan fingerprint density at radius 1 is 1.22 bits per heavy atom. The van der Waals surface area contributed by atoms with E-state index in [2.05, 4.69) is 46.9 Å². The molecule has 0 saturated carbocycles. The quantitative estimate of drug-likeness (QED) is 0.746. The highest BCUT2D eigenvalue weighted by atomic mass is 32.2. The standard InChI is InChI=1S/C20H23N5OS/c1-20(2,3)17-11-16(24(4)23-17)18(26)21-14-7-5-13(6-8-14)15-12-25-9-10-27-19(25)22-15/h5-8,11-12H,9-10H2,1-4H3,(H,21,26). The van der Waals surface area contributed by atoms with Gasteiger partial charge in [-0.3, -0.25) is 9.48 Å². The molecule has 1 aromatic carbocycles. The van der Waals surface area contributed by atoms with Crippen molar-refractivity contribution in [3.8, 4) is 11.3 Å². The summed E-state index contributed by atoms with van der Waals surface area (Å²) < 4.78 is 3.82. The first kappa shape index (κ1) is 17.9. The topological polar surface area (TPSA) is 64.7 Å². The van der Waals surface area contributed by atoms with Gasteiger partial charge in [-0.05, 0) is 18.2 Å². The first-order valence-electron chi connectivity index (χ1n) is 8.97. The maximum absolute atomic E-state index is 12.6. The van der Waals surface area contributed by atoms with E-state index in [1.807, 2.05) is 30.3 Å². The van der Waals surface area contributed by atoms with Crippen LogP contribution >= 0.6 is 11.8 Å². The first-order valence-corrected chi connectivity index (χ1v) is 9.96. The molecule has 4 rings (SSSR count). The Labute approximate surface area is 163 Å². The van der Waals surface area contributed by atoms with E-state index in [4.69, 9.17) is 0 Å². The number of rotatable bonds is 3. The first-order chi connectivity index (χ1) is 12.8. The largest absolute Gasteiger partial charge is 0.325 e. The average Bonchev–Trinajstić information content (AvgIpc) is 3.28. The predicted molar refractivity (Wildman–Crippen MR) is 108 cm³/mol. The van der Waals surface area contributed by atoms with Crippen LogP contribution in [0.3, 0.4) is 0 Å². The van der Waals surface area contributed by atoms with Gasteiger partial charge in [0.2, 0.25) is 0 Å². The van der Waals surface area contributed by atoms with Crippen molar-refractivity contribution in [2.45, 2.75) is 37.9 Å². The molecule has 1 aliphatic heterocycles. The fourth-order valence-corrected chi connectivity index (χ4v) is 3.96. The van der Waals surface area contributed by atoms with Crippen molar-refractivity contribution in [1.82, 2.24) is 19.3 Å². The highest BCUT2D eigenvalue weighted by Crippen LogP contribution is 2.29. The Hall–Kier alpha value is -2.54. The number of hydrogen-bond acceptors (Lipinski definition) is 4. The van der Waals surface area contributed by atoms with E-state index in [1.54, 1.807) is 23.5 Å². The summed E-state index contributed by atoms with van der Waals surface area (Å²) in [7, 11) is 1.79. The second-order valence-corrected chi connectivity index (χ2v) is 8.83. The second kappa shape index (κ2) is 6.56. The Morgan fingerprint density at radius 2 is 1.96 bits per heavy atom. The molecule has 2 aromatic heterocycles. The molecule has 0 unspecified atom stereocenters. The van der Waals surface area contributed by atoms with Crippen LogP contribution in [0.25, 0.3) is 11.3 Å². The van der Waals surface area contributed by atoms with Gasteiger partial charge >= 0.3 is 0 Å². The minimum absolute atomic E-state index is 0.0962. The van der Waals surface area contributed by atoms with Crippen LogP contribution in [0.2, 0.25) is 0 Å². The molecule has 3 heterocycles. The number of nitrogens with zero attached hydrogens (tertiary/aromatic N) is 4. The van der Waals surface area contributed by atoms with Crippen LogP contribution in [-0.2, 0) is 19.0 Å². The molecule has 0 radical (unpaired) electrons. The molecule has 140 valence electrons. The number of benzene rings is 1. The van der Waals surface area contributed by atoms with Crippen molar-refractivity contribution in [2.75, 3.05) is 11.1 Å². The molecule has 0 bridgehead atoms. The van der Waals surface area contributed by atoms with E-state index >= 15 is 0 Å². The Bertz CT molecular complexity index is 973. The molecular weight excluding hydrogens is 358 g/mol. The number of nitrogens with one attached hydrogen (secondary N) is 1. The number of carbonyl (C=O) groups excluding carboxylic acids is 1. The molecule has 0 spiro atoms. The number of fused-ring (bicyclic) bond motifs is 1. The van der Waals surface area contributed by atoms with Gasteiger partial charge in [-0.2, -0.15) is 5.10 Å². The zero-order valence-corrected chi connectivity index (χ0v) is 16.8. The highest BCUT2D eigenvalue weighted by Gasteiger charge is 2.22. The molecular formula is C20H23N5OS. The molecule has 1 amide bonds. The highest BCUT2D eigenvalue weighted by molar-refractivity contribution is 7.99. The zero-order valence-electron chi connectivity index (χ0n) is 16.0.